The number of Topliss-reactive ketones (excluding diaryl/α,β-unsaturated/α-hetero) is 1. The topological polar surface area (TPSA) is 57.6 Å². The van der Waals surface area contributed by atoms with Gasteiger partial charge in [0.25, 0.3) is 11.7 Å². The van der Waals surface area contributed by atoms with Crippen LogP contribution >= 0.6 is 11.6 Å². The van der Waals surface area contributed by atoms with Crippen LogP contribution in [0.1, 0.15) is 46.7 Å². The standard InChI is InChI=1S/C28H24ClNO3/c1-17-5-4-8-20(15-17)25-24(26(31)21-10-9-18-6-2-3-7-19(18)16-21)27(32)28(33)30(25)23-13-11-22(29)12-14-23/h4-5,8-16,25,31H,2-3,6-7H2,1H3/b26-24-. The smallest absolute Gasteiger partial charge is 0.300 e. The van der Waals surface area contributed by atoms with E-state index in [1.807, 2.05) is 49.4 Å². The molecule has 0 aromatic heterocycles. The Morgan fingerprint density at radius 2 is 1.67 bits per heavy atom. The summed E-state index contributed by atoms with van der Waals surface area (Å²) in [4.78, 5) is 28.0. The Hall–Kier alpha value is -3.37. The van der Waals surface area contributed by atoms with Crippen LogP contribution < -0.4 is 4.90 Å². The molecule has 0 radical (unpaired) electrons. The molecule has 4 nitrogen and oxygen atoms in total. The minimum atomic E-state index is -0.734. The lowest BCUT2D eigenvalue weighted by atomic mass is 9.88. The number of benzene rings is 3. The number of halogens is 1. The van der Waals surface area contributed by atoms with Gasteiger partial charge in [-0.3, -0.25) is 14.5 Å². The van der Waals surface area contributed by atoms with E-state index in [0.29, 0.717) is 16.3 Å². The van der Waals surface area contributed by atoms with E-state index in [1.54, 1.807) is 24.3 Å². The molecule has 1 heterocycles. The van der Waals surface area contributed by atoms with Crippen LogP contribution in [0.4, 0.5) is 5.69 Å². The maximum atomic E-state index is 13.3. The number of hydrogen-bond acceptors (Lipinski definition) is 3. The molecule has 3 aromatic carbocycles. The number of amides is 1. The number of ketones is 1. The predicted octanol–water partition coefficient (Wildman–Crippen LogP) is 6.15. The van der Waals surface area contributed by atoms with Gasteiger partial charge < -0.3 is 5.11 Å². The monoisotopic (exact) mass is 457 g/mol. The Morgan fingerprint density at radius 3 is 2.39 bits per heavy atom. The fourth-order valence-electron chi connectivity index (χ4n) is 4.89. The van der Waals surface area contributed by atoms with Gasteiger partial charge in [0.15, 0.2) is 0 Å². The van der Waals surface area contributed by atoms with Crippen LogP contribution in [0.3, 0.4) is 0 Å². The number of rotatable bonds is 3. The van der Waals surface area contributed by atoms with Crippen LogP contribution in [-0.2, 0) is 22.4 Å². The largest absolute Gasteiger partial charge is 0.507 e. The van der Waals surface area contributed by atoms with Gasteiger partial charge in [0, 0.05) is 16.3 Å². The van der Waals surface area contributed by atoms with E-state index in [-0.39, 0.29) is 11.3 Å². The van der Waals surface area contributed by atoms with Crippen molar-refractivity contribution in [3.8, 4) is 0 Å². The first kappa shape index (κ1) is 21.5. The zero-order chi connectivity index (χ0) is 23.1. The number of aliphatic hydroxyl groups excluding tert-OH is 1. The van der Waals surface area contributed by atoms with Crippen molar-refractivity contribution in [2.24, 2.45) is 0 Å². The van der Waals surface area contributed by atoms with E-state index in [0.717, 1.165) is 36.8 Å². The summed E-state index contributed by atoms with van der Waals surface area (Å²) in [5, 5.41) is 11.9. The molecule has 1 unspecified atom stereocenters. The van der Waals surface area contributed by atoms with Crippen molar-refractivity contribution in [1.82, 2.24) is 0 Å². The fraction of sp³-hybridized carbons (Fsp3) is 0.214. The summed E-state index contributed by atoms with van der Waals surface area (Å²) in [7, 11) is 0. The summed E-state index contributed by atoms with van der Waals surface area (Å²) in [6.07, 6.45) is 4.26. The van der Waals surface area contributed by atoms with Gasteiger partial charge in [-0.2, -0.15) is 0 Å². The molecule has 1 atom stereocenters. The van der Waals surface area contributed by atoms with E-state index < -0.39 is 17.7 Å². The molecule has 0 bridgehead atoms. The number of anilines is 1. The molecule has 166 valence electrons. The molecule has 1 saturated heterocycles. The van der Waals surface area contributed by atoms with E-state index in [2.05, 4.69) is 0 Å². The molecule has 2 aliphatic rings. The first-order valence-electron chi connectivity index (χ1n) is 11.2. The SMILES string of the molecule is Cc1cccc(C2/C(=C(/O)c3ccc4c(c3)CCCC4)C(=O)C(=O)N2c2ccc(Cl)cc2)c1. The molecule has 1 amide bonds. The highest BCUT2D eigenvalue weighted by atomic mass is 35.5. The van der Waals surface area contributed by atoms with Gasteiger partial charge in [-0.1, -0.05) is 53.6 Å². The zero-order valence-electron chi connectivity index (χ0n) is 18.3. The maximum Gasteiger partial charge on any atom is 0.300 e. The average molecular weight is 458 g/mol. The summed E-state index contributed by atoms with van der Waals surface area (Å²) in [5.74, 6) is -1.49. The van der Waals surface area contributed by atoms with Crippen molar-refractivity contribution in [1.29, 1.82) is 0 Å². The van der Waals surface area contributed by atoms with Crippen molar-refractivity contribution in [2.75, 3.05) is 4.90 Å². The van der Waals surface area contributed by atoms with Gasteiger partial charge in [0.05, 0.1) is 11.6 Å². The van der Waals surface area contributed by atoms with Gasteiger partial charge in [-0.15, -0.1) is 0 Å². The Morgan fingerprint density at radius 1 is 0.939 bits per heavy atom. The zero-order valence-corrected chi connectivity index (χ0v) is 19.1. The summed E-state index contributed by atoms with van der Waals surface area (Å²) in [6, 6.07) is 19.6. The van der Waals surface area contributed by atoms with Crippen molar-refractivity contribution < 1.29 is 14.7 Å². The third-order valence-corrected chi connectivity index (χ3v) is 6.78. The number of carbonyl (C=O) groups excluding carboxylic acids is 2. The van der Waals surface area contributed by atoms with Crippen molar-refractivity contribution in [2.45, 2.75) is 38.6 Å². The Labute approximate surface area is 198 Å². The Bertz CT molecular complexity index is 1290. The van der Waals surface area contributed by atoms with E-state index in [1.165, 1.54) is 16.0 Å². The molecule has 3 aromatic rings. The van der Waals surface area contributed by atoms with Gasteiger partial charge >= 0.3 is 0 Å². The Balaban J connectivity index is 1.70. The lowest BCUT2D eigenvalue weighted by Crippen LogP contribution is -2.29. The van der Waals surface area contributed by atoms with Crippen LogP contribution in [-0.4, -0.2) is 16.8 Å². The van der Waals surface area contributed by atoms with Crippen LogP contribution in [0.5, 0.6) is 0 Å². The number of carbonyl (C=O) groups is 2. The predicted molar refractivity (Wildman–Crippen MR) is 130 cm³/mol. The number of nitrogens with zero attached hydrogens (tertiary/aromatic N) is 1. The molecule has 0 spiro atoms. The van der Waals surface area contributed by atoms with Crippen LogP contribution in [0.2, 0.25) is 5.02 Å². The highest BCUT2D eigenvalue weighted by molar-refractivity contribution is 6.51. The molecular weight excluding hydrogens is 434 g/mol. The minimum absolute atomic E-state index is 0.108. The third kappa shape index (κ3) is 3.85. The highest BCUT2D eigenvalue weighted by Gasteiger charge is 2.47. The number of hydrogen-bond donors (Lipinski definition) is 1. The number of fused-ring (bicyclic) bond motifs is 1. The summed E-state index contributed by atoms with van der Waals surface area (Å²) < 4.78 is 0. The number of aliphatic hydroxyl groups is 1. The highest BCUT2D eigenvalue weighted by Crippen LogP contribution is 2.42. The molecule has 5 heteroatoms. The molecule has 1 fully saturated rings. The third-order valence-electron chi connectivity index (χ3n) is 6.53. The van der Waals surface area contributed by atoms with Gasteiger partial charge in [-0.25, -0.2) is 0 Å². The maximum absolute atomic E-state index is 13.3. The van der Waals surface area contributed by atoms with Gasteiger partial charge in [-0.05, 0) is 79.6 Å². The second-order valence-corrected chi connectivity index (χ2v) is 9.19. The minimum Gasteiger partial charge on any atom is -0.507 e. The normalized spacial score (nSPS) is 19.6. The molecule has 5 rings (SSSR count). The molecule has 1 aliphatic heterocycles. The lowest BCUT2D eigenvalue weighted by Gasteiger charge is -2.26. The van der Waals surface area contributed by atoms with Crippen LogP contribution in [0, 0.1) is 6.92 Å². The summed E-state index contributed by atoms with van der Waals surface area (Å²) in [6.45, 7) is 1.96. The number of aryl methyl sites for hydroxylation is 3. The fourth-order valence-corrected chi connectivity index (χ4v) is 5.02. The second-order valence-electron chi connectivity index (χ2n) is 8.75. The molecule has 33 heavy (non-hydrogen) atoms. The van der Waals surface area contributed by atoms with E-state index in [4.69, 9.17) is 11.6 Å². The van der Waals surface area contributed by atoms with Crippen molar-refractivity contribution >= 4 is 34.7 Å². The van der Waals surface area contributed by atoms with Crippen LogP contribution in [0.15, 0.2) is 72.3 Å². The average Bonchev–Trinajstić information content (AvgIpc) is 3.09. The molecular formula is C28H24ClNO3. The van der Waals surface area contributed by atoms with Gasteiger partial charge in [0.2, 0.25) is 0 Å². The van der Waals surface area contributed by atoms with Crippen LogP contribution in [0.25, 0.3) is 5.76 Å². The Kier molecular flexibility index (Phi) is 5.55. The summed E-state index contributed by atoms with van der Waals surface area (Å²) in [5.41, 5.74) is 5.49. The van der Waals surface area contributed by atoms with E-state index in [9.17, 15) is 14.7 Å². The second kappa shape index (κ2) is 8.53. The van der Waals surface area contributed by atoms with E-state index >= 15 is 0 Å². The lowest BCUT2D eigenvalue weighted by molar-refractivity contribution is -0.132. The molecule has 1 aliphatic carbocycles. The molecule has 0 saturated carbocycles. The molecule has 1 N–H and O–H groups in total. The van der Waals surface area contributed by atoms with Crippen molar-refractivity contribution in [3.63, 3.8) is 0 Å². The van der Waals surface area contributed by atoms with Gasteiger partial charge in [0.1, 0.15) is 5.76 Å². The van der Waals surface area contributed by atoms with Crippen molar-refractivity contribution in [3.05, 3.63) is 105 Å². The quantitative estimate of drug-likeness (QED) is 0.291. The first-order chi connectivity index (χ1) is 15.9. The summed E-state index contributed by atoms with van der Waals surface area (Å²) >= 11 is 6.06. The first-order valence-corrected chi connectivity index (χ1v) is 11.6.